The molecule has 0 fully saturated rings. The van der Waals surface area contributed by atoms with Crippen LogP contribution in [-0.4, -0.2) is 23.4 Å². The summed E-state index contributed by atoms with van der Waals surface area (Å²) in [6.45, 7) is 0. The highest BCUT2D eigenvalue weighted by Crippen LogP contribution is 2.42. The second-order valence-corrected chi connectivity index (χ2v) is 16.6. The van der Waals surface area contributed by atoms with Gasteiger partial charge in [0, 0.05) is 75.5 Å². The van der Waals surface area contributed by atoms with Gasteiger partial charge in [-0.3, -0.25) is 15.0 Å². The Morgan fingerprint density at radius 3 is 0.672 bits per heavy atom. The number of nitrogens with zero attached hydrogens (tertiary/aromatic N) is 3. The van der Waals surface area contributed by atoms with Crippen molar-refractivity contribution in [1.82, 2.24) is 15.0 Å². The summed E-state index contributed by atoms with van der Waals surface area (Å²) in [6, 6.07) is 68.5. The molecule has 0 saturated carbocycles. The molecule has 0 bridgehead atoms. The van der Waals surface area contributed by atoms with E-state index in [0.717, 1.165) is 101 Å². The van der Waals surface area contributed by atoms with E-state index in [1.807, 2.05) is 91.4 Å². The molecular weight excluding hydrogens is 844 g/mol. The Bertz CT molecular complexity index is 2850. The molecule has 0 atom stereocenters. The maximum Gasteiger partial charge on any atom is 0.0702 e. The first-order chi connectivity index (χ1) is 30.9. The van der Waals surface area contributed by atoms with Crippen LogP contribution in [0.5, 0.6) is 0 Å². The van der Waals surface area contributed by atoms with Crippen molar-refractivity contribution in [2.24, 2.45) is 0 Å². The quantitative estimate of drug-likeness (QED) is 0.136. The van der Waals surface area contributed by atoms with E-state index in [-0.39, 0.29) is 8.41 Å². The monoisotopic (exact) mass is 878 g/mol. The molecule has 0 saturated heterocycles. The van der Waals surface area contributed by atoms with Crippen molar-refractivity contribution < 1.29 is 0 Å². The highest BCUT2D eigenvalue weighted by Gasteiger charge is 2.17. The Hall–Kier alpha value is -7.08. The zero-order chi connectivity index (χ0) is 42.7. The number of pyridine rings is 3. The first kappa shape index (κ1) is 42.2. The average molecular weight is 880 g/mol. The van der Waals surface area contributed by atoms with E-state index in [1.54, 1.807) is 0 Å². The molecule has 64 heavy (non-hydrogen) atoms. The van der Waals surface area contributed by atoms with E-state index >= 15 is 0 Å². The van der Waals surface area contributed by atoms with Crippen molar-refractivity contribution in [3.8, 4) is 101 Å². The lowest BCUT2D eigenvalue weighted by atomic mass is 9.86. The summed E-state index contributed by atoms with van der Waals surface area (Å²) in [4.78, 5) is 14.7. The lowest BCUT2D eigenvalue weighted by Crippen LogP contribution is -1.93. The Balaban J connectivity index is 0.00000518. The van der Waals surface area contributed by atoms with Crippen molar-refractivity contribution in [3.05, 3.63) is 234 Å². The lowest BCUT2D eigenvalue weighted by Gasteiger charge is -2.18. The lowest BCUT2D eigenvalue weighted by molar-refractivity contribution is 1.32. The number of hydrogen-bond acceptors (Lipinski definition) is 3. The van der Waals surface area contributed by atoms with Crippen LogP contribution in [0.4, 0.5) is 0 Å². The van der Waals surface area contributed by atoms with Gasteiger partial charge in [0.25, 0.3) is 0 Å². The Morgan fingerprint density at radius 1 is 0.234 bits per heavy atom. The van der Waals surface area contributed by atoms with Gasteiger partial charge in [-0.15, -0.1) is 0 Å². The molecule has 3 radical (unpaired) electrons. The maximum atomic E-state index is 6.19. The van der Waals surface area contributed by atoms with Crippen LogP contribution in [-0.2, 0) is 0 Å². The molecule has 0 aliphatic rings. The van der Waals surface area contributed by atoms with Crippen molar-refractivity contribution in [2.75, 3.05) is 0 Å². The van der Waals surface area contributed by atoms with Gasteiger partial charge in [-0.25, -0.2) is 0 Å². The minimum absolute atomic E-state index is 0. The number of rotatable bonds is 9. The first-order valence-electron chi connectivity index (χ1n) is 20.5. The molecular formula is C57H36BCl3N3. The Kier molecular flexibility index (Phi) is 12.4. The summed E-state index contributed by atoms with van der Waals surface area (Å²) < 4.78 is 0. The summed E-state index contributed by atoms with van der Waals surface area (Å²) >= 11 is 18.6. The summed E-state index contributed by atoms with van der Waals surface area (Å²) in [6.07, 6.45) is 5.87. The molecule has 3 heterocycles. The van der Waals surface area contributed by atoms with Crippen LogP contribution in [0.15, 0.2) is 219 Å². The molecule has 0 aliphatic heterocycles. The van der Waals surface area contributed by atoms with Crippen LogP contribution in [0.25, 0.3) is 101 Å². The second-order valence-electron chi connectivity index (χ2n) is 15.3. The third-order valence-corrected chi connectivity index (χ3v) is 12.0. The van der Waals surface area contributed by atoms with Gasteiger partial charge in [-0.1, -0.05) is 162 Å². The summed E-state index contributed by atoms with van der Waals surface area (Å²) in [5.41, 5.74) is 18.5. The van der Waals surface area contributed by atoms with E-state index in [1.165, 1.54) is 0 Å². The minimum atomic E-state index is 0. The molecule has 7 heteroatoms. The van der Waals surface area contributed by atoms with Crippen LogP contribution in [0.2, 0.25) is 15.1 Å². The third kappa shape index (κ3) is 8.90. The molecule has 0 amide bonds. The smallest absolute Gasteiger partial charge is 0.0702 e. The fraction of sp³-hybridized carbons (Fsp3) is 0. The molecule has 0 aliphatic carbocycles. The van der Waals surface area contributed by atoms with Gasteiger partial charge in [-0.2, -0.15) is 0 Å². The van der Waals surface area contributed by atoms with Crippen LogP contribution in [0.3, 0.4) is 0 Å². The predicted molar refractivity (Wildman–Crippen MR) is 270 cm³/mol. The summed E-state index contributed by atoms with van der Waals surface area (Å²) in [5.74, 6) is 0. The van der Waals surface area contributed by atoms with E-state index in [9.17, 15) is 0 Å². The predicted octanol–water partition coefficient (Wildman–Crippen LogP) is 16.5. The van der Waals surface area contributed by atoms with Crippen molar-refractivity contribution in [2.45, 2.75) is 0 Å². The van der Waals surface area contributed by atoms with Crippen molar-refractivity contribution in [3.63, 3.8) is 0 Å². The van der Waals surface area contributed by atoms with Gasteiger partial charge in [0.1, 0.15) is 0 Å². The standard InChI is InChI=1S/C57H36Cl3N3.B/c58-46-22-13-37(14-23-46)55-28-19-40(34-61-55)49-7-1-4-10-52(49)43-31-44(53-11-5-2-8-50(53)41-20-29-56(62-35-41)38-15-24-47(59)25-16-38)33-45(32-43)54-12-6-3-9-51(54)42-21-30-57(63-36-42)39-17-26-48(60)27-18-39;/h1-36H;. The molecule has 0 spiro atoms. The average Bonchev–Trinajstić information content (AvgIpc) is 3.35. The number of benzene rings is 7. The normalized spacial score (nSPS) is 10.9. The van der Waals surface area contributed by atoms with Crippen molar-refractivity contribution >= 4 is 43.2 Å². The molecule has 0 N–H and O–H groups in total. The topological polar surface area (TPSA) is 38.7 Å². The minimum Gasteiger partial charge on any atom is -0.256 e. The molecule has 7 aromatic carbocycles. The number of hydrogen-bond donors (Lipinski definition) is 0. The zero-order valence-electron chi connectivity index (χ0n) is 34.3. The van der Waals surface area contributed by atoms with Crippen LogP contribution in [0.1, 0.15) is 0 Å². The van der Waals surface area contributed by atoms with Crippen LogP contribution in [0, 0.1) is 0 Å². The van der Waals surface area contributed by atoms with E-state index in [4.69, 9.17) is 49.8 Å². The zero-order valence-corrected chi connectivity index (χ0v) is 36.6. The molecule has 3 aromatic heterocycles. The summed E-state index contributed by atoms with van der Waals surface area (Å²) in [5, 5.41) is 2.09. The van der Waals surface area contributed by atoms with Gasteiger partial charge in [0.2, 0.25) is 0 Å². The first-order valence-corrected chi connectivity index (χ1v) is 21.7. The molecule has 3 nitrogen and oxygen atoms in total. The van der Waals surface area contributed by atoms with Crippen molar-refractivity contribution in [1.29, 1.82) is 0 Å². The van der Waals surface area contributed by atoms with Gasteiger partial charge in [0.05, 0.1) is 17.1 Å². The van der Waals surface area contributed by atoms with Gasteiger partial charge < -0.3 is 0 Å². The third-order valence-electron chi connectivity index (χ3n) is 11.3. The van der Waals surface area contributed by atoms with E-state index < -0.39 is 0 Å². The van der Waals surface area contributed by atoms with Crippen LogP contribution >= 0.6 is 34.8 Å². The number of aromatic nitrogens is 3. The SMILES string of the molecule is Clc1ccc(-c2ccc(-c3ccccc3-c3cc(-c4ccccc4-c4ccc(-c5ccc(Cl)cc5)nc4)cc(-c4ccccc4-c4ccc(-c5ccc(Cl)cc5)nc4)c3)cn2)cc1.[B]. The Labute approximate surface area is 390 Å². The second kappa shape index (κ2) is 18.7. The van der Waals surface area contributed by atoms with Gasteiger partial charge in [0.15, 0.2) is 0 Å². The molecule has 10 aromatic rings. The molecule has 10 rings (SSSR count). The van der Waals surface area contributed by atoms with Gasteiger partial charge >= 0.3 is 0 Å². The van der Waals surface area contributed by atoms with E-state index in [2.05, 4.69) is 127 Å². The van der Waals surface area contributed by atoms with Crippen LogP contribution < -0.4 is 0 Å². The fourth-order valence-electron chi connectivity index (χ4n) is 8.09. The maximum absolute atomic E-state index is 6.19. The summed E-state index contributed by atoms with van der Waals surface area (Å²) in [7, 11) is 0. The van der Waals surface area contributed by atoms with E-state index in [0.29, 0.717) is 15.1 Å². The fourth-order valence-corrected chi connectivity index (χ4v) is 8.47. The molecule has 303 valence electrons. The molecule has 0 unspecified atom stereocenters. The Morgan fingerprint density at radius 2 is 0.453 bits per heavy atom. The number of halogens is 3. The highest BCUT2D eigenvalue weighted by molar-refractivity contribution is 6.31. The van der Waals surface area contributed by atoms with Gasteiger partial charge in [-0.05, 0) is 123 Å². The largest absolute Gasteiger partial charge is 0.256 e. The highest BCUT2D eigenvalue weighted by atomic mass is 35.5.